The molecule has 3 aliphatic carbocycles. The van der Waals surface area contributed by atoms with Gasteiger partial charge in [-0.05, 0) is 117 Å². The third kappa shape index (κ3) is 6.35. The molecule has 8 aromatic carbocycles. The van der Waals surface area contributed by atoms with E-state index in [0.717, 1.165) is 0 Å². The van der Waals surface area contributed by atoms with Crippen LogP contribution in [0.25, 0.3) is 33.4 Å². The van der Waals surface area contributed by atoms with Crippen LogP contribution in [0.15, 0.2) is 206 Å². The number of carbonyl (C=O) groups excluding carboxylic acids is 2. The van der Waals surface area contributed by atoms with Crippen LogP contribution in [0, 0.1) is 0 Å². The molecule has 0 atom stereocenters. The lowest BCUT2D eigenvalue weighted by Crippen LogP contribution is -2.43. The van der Waals surface area contributed by atoms with Crippen molar-refractivity contribution < 1.29 is 19.1 Å². The number of carbonyl (C=O) groups is 2. The van der Waals surface area contributed by atoms with Gasteiger partial charge in [-0.15, -0.1) is 0 Å². The Kier molecular flexibility index (Phi) is 9.53. The highest BCUT2D eigenvalue weighted by Gasteiger charge is 2.57. The summed E-state index contributed by atoms with van der Waals surface area (Å²) < 4.78 is 12.0. The maximum Gasteiger partial charge on any atom is 0.311 e. The molecule has 0 aromatic heterocycles. The second-order valence-electron chi connectivity index (χ2n) is 17.4. The first-order valence-electron chi connectivity index (χ1n) is 22.1. The molecule has 0 saturated carbocycles. The average molecular weight is 819 g/mol. The maximum absolute atomic E-state index is 14.1. The minimum absolute atomic E-state index is 0.221. The topological polar surface area (TPSA) is 52.6 Å². The number of para-hydroxylation sites is 2. The summed E-state index contributed by atoms with van der Waals surface area (Å²) >= 11 is 0. The summed E-state index contributed by atoms with van der Waals surface area (Å²) in [5.41, 5.74) is 12.9. The molecule has 4 nitrogen and oxygen atoms in total. The molecule has 306 valence electrons. The first-order chi connectivity index (χ1) is 31.0. The Balaban J connectivity index is 1.13. The Labute approximate surface area is 368 Å². The van der Waals surface area contributed by atoms with Gasteiger partial charge in [0.15, 0.2) is 0 Å². The van der Waals surface area contributed by atoms with Crippen molar-refractivity contribution in [2.75, 3.05) is 0 Å². The highest BCUT2D eigenvalue weighted by Crippen LogP contribution is 2.66. The smallest absolute Gasteiger partial charge is 0.311 e. The molecular formula is C59H46O4. The Morgan fingerprint density at radius 1 is 0.302 bits per heavy atom. The van der Waals surface area contributed by atoms with Crippen molar-refractivity contribution in [1.82, 2.24) is 0 Å². The van der Waals surface area contributed by atoms with E-state index in [1.54, 1.807) is 0 Å². The molecule has 11 rings (SSSR count). The molecule has 0 aliphatic heterocycles. The van der Waals surface area contributed by atoms with Crippen molar-refractivity contribution in [3.63, 3.8) is 0 Å². The number of hydrogen-bond donors (Lipinski definition) is 0. The molecule has 3 aliphatic rings. The van der Waals surface area contributed by atoms with E-state index in [-0.39, 0.29) is 24.8 Å². The molecule has 0 amide bonds. The van der Waals surface area contributed by atoms with E-state index in [1.165, 1.54) is 66.8 Å². The normalized spacial score (nSPS) is 14.9. The minimum atomic E-state index is -0.602. The quantitative estimate of drug-likeness (QED) is 0.0910. The van der Waals surface area contributed by atoms with Crippen molar-refractivity contribution in [2.24, 2.45) is 0 Å². The Morgan fingerprint density at radius 3 is 0.825 bits per heavy atom. The molecule has 0 spiro atoms. The molecule has 0 saturated heterocycles. The maximum atomic E-state index is 14.1. The van der Waals surface area contributed by atoms with Gasteiger partial charge in [0.25, 0.3) is 0 Å². The standard InChI is InChI=1S/C59H46O4/c60-55(62-41-19-3-1-4-20-41)35-37-57(49-29-13-7-23-43(49)44-24-8-14-30-50(44)57)39-59(53-33-17-11-27-47(53)48-28-12-18-34-54(48)59)40-58(38-36-56(61)63-42-21-5-2-6-22-42)51-31-15-9-25-45(51)46-26-10-16-32-52(46)58/h1-34H,35-40H2. The third-order valence-electron chi connectivity index (χ3n) is 14.2. The molecule has 8 aromatic rings. The lowest BCUT2D eigenvalue weighted by atomic mass is 9.55. The number of hydrogen-bond acceptors (Lipinski definition) is 4. The fourth-order valence-electron chi connectivity index (χ4n) is 11.8. The number of esters is 2. The molecule has 0 bridgehead atoms. The summed E-state index contributed by atoms with van der Waals surface area (Å²) in [4.78, 5) is 28.1. The van der Waals surface area contributed by atoms with Gasteiger partial charge in [0.2, 0.25) is 0 Å². The Bertz CT molecular complexity index is 2720. The van der Waals surface area contributed by atoms with E-state index in [1.807, 2.05) is 60.7 Å². The van der Waals surface area contributed by atoms with Gasteiger partial charge < -0.3 is 9.47 Å². The molecule has 0 unspecified atom stereocenters. The zero-order valence-corrected chi connectivity index (χ0v) is 35.0. The van der Waals surface area contributed by atoms with Gasteiger partial charge in [-0.25, -0.2) is 0 Å². The number of ether oxygens (including phenoxy) is 2. The van der Waals surface area contributed by atoms with Gasteiger partial charge in [-0.2, -0.15) is 0 Å². The fourth-order valence-corrected chi connectivity index (χ4v) is 11.8. The molecule has 63 heavy (non-hydrogen) atoms. The second-order valence-corrected chi connectivity index (χ2v) is 17.4. The van der Waals surface area contributed by atoms with Gasteiger partial charge in [0.05, 0.1) is 0 Å². The summed E-state index contributed by atoms with van der Waals surface area (Å²) in [5, 5.41) is 0. The average Bonchev–Trinajstić information content (AvgIpc) is 3.88. The van der Waals surface area contributed by atoms with Crippen molar-refractivity contribution >= 4 is 11.9 Å². The summed E-state index contributed by atoms with van der Waals surface area (Å²) in [6.07, 6.45) is 2.89. The van der Waals surface area contributed by atoms with Gasteiger partial charge in [-0.3, -0.25) is 9.59 Å². The fraction of sp³-hybridized carbons (Fsp3) is 0.153. The number of fused-ring (bicyclic) bond motifs is 9. The van der Waals surface area contributed by atoms with Crippen LogP contribution in [0.5, 0.6) is 11.5 Å². The summed E-state index contributed by atoms with van der Waals surface area (Å²) in [6.45, 7) is 0. The first kappa shape index (κ1) is 38.6. The SMILES string of the molecule is O=C(CCC1(CC2(CC3(CCC(=O)Oc4ccccc4)c4ccccc4-c4ccccc43)c3ccccc3-c3ccccc32)c2ccccc2-c2ccccc21)Oc1ccccc1. The lowest BCUT2D eigenvalue weighted by molar-refractivity contribution is -0.135. The minimum Gasteiger partial charge on any atom is -0.427 e. The molecule has 0 N–H and O–H groups in total. The molecule has 4 heteroatoms. The van der Waals surface area contributed by atoms with Crippen molar-refractivity contribution in [3.05, 3.63) is 240 Å². The highest BCUT2D eigenvalue weighted by atomic mass is 16.5. The third-order valence-corrected chi connectivity index (χ3v) is 14.2. The predicted molar refractivity (Wildman–Crippen MR) is 250 cm³/mol. The molecule has 0 fully saturated rings. The van der Waals surface area contributed by atoms with Crippen LogP contribution in [-0.2, 0) is 25.8 Å². The van der Waals surface area contributed by atoms with E-state index in [9.17, 15) is 9.59 Å². The van der Waals surface area contributed by atoms with Crippen molar-refractivity contribution in [2.45, 2.75) is 54.8 Å². The highest BCUT2D eigenvalue weighted by molar-refractivity contribution is 5.87. The number of benzene rings is 8. The molecule has 0 radical (unpaired) electrons. The van der Waals surface area contributed by atoms with Crippen LogP contribution < -0.4 is 9.47 Å². The Morgan fingerprint density at radius 2 is 0.540 bits per heavy atom. The van der Waals surface area contributed by atoms with Crippen molar-refractivity contribution in [3.8, 4) is 44.9 Å². The first-order valence-corrected chi connectivity index (χ1v) is 22.1. The van der Waals surface area contributed by atoms with Crippen LogP contribution in [0.4, 0.5) is 0 Å². The van der Waals surface area contributed by atoms with E-state index in [0.29, 0.717) is 37.2 Å². The molecular weight excluding hydrogens is 773 g/mol. The summed E-state index contributed by atoms with van der Waals surface area (Å²) in [7, 11) is 0. The second kappa shape index (κ2) is 15.6. The van der Waals surface area contributed by atoms with E-state index < -0.39 is 16.2 Å². The van der Waals surface area contributed by atoms with Crippen LogP contribution in [0.2, 0.25) is 0 Å². The van der Waals surface area contributed by atoms with E-state index in [2.05, 4.69) is 146 Å². The van der Waals surface area contributed by atoms with Gasteiger partial charge in [0, 0.05) is 29.1 Å². The predicted octanol–water partition coefficient (Wildman–Crippen LogP) is 13.4. The largest absolute Gasteiger partial charge is 0.427 e. The van der Waals surface area contributed by atoms with Crippen LogP contribution in [0.1, 0.15) is 71.9 Å². The zero-order valence-electron chi connectivity index (χ0n) is 35.0. The van der Waals surface area contributed by atoms with Gasteiger partial charge >= 0.3 is 11.9 Å². The van der Waals surface area contributed by atoms with Gasteiger partial charge in [0.1, 0.15) is 11.5 Å². The van der Waals surface area contributed by atoms with E-state index >= 15 is 0 Å². The van der Waals surface area contributed by atoms with Crippen LogP contribution in [-0.4, -0.2) is 11.9 Å². The Hall–Kier alpha value is -7.30. The summed E-state index contributed by atoms with van der Waals surface area (Å²) in [6, 6.07) is 71.8. The van der Waals surface area contributed by atoms with Crippen LogP contribution in [0.3, 0.4) is 0 Å². The van der Waals surface area contributed by atoms with Crippen molar-refractivity contribution in [1.29, 1.82) is 0 Å². The van der Waals surface area contributed by atoms with E-state index in [4.69, 9.17) is 9.47 Å². The lowest BCUT2D eigenvalue weighted by Gasteiger charge is -2.47. The number of rotatable bonds is 12. The van der Waals surface area contributed by atoms with Crippen LogP contribution >= 0.6 is 0 Å². The van der Waals surface area contributed by atoms with Gasteiger partial charge in [-0.1, -0.05) is 182 Å². The zero-order chi connectivity index (χ0) is 42.4. The monoisotopic (exact) mass is 818 g/mol. The molecule has 0 heterocycles. The summed E-state index contributed by atoms with van der Waals surface area (Å²) in [5.74, 6) is 0.585.